The molecule has 2 aromatic carbocycles. The molecule has 0 saturated carbocycles. The predicted octanol–water partition coefficient (Wildman–Crippen LogP) is 5.29. The Morgan fingerprint density at radius 1 is 1.10 bits per heavy atom. The van der Waals surface area contributed by atoms with E-state index in [-0.39, 0.29) is 17.9 Å². The molecule has 1 amide bonds. The second-order valence-corrected chi connectivity index (χ2v) is 8.66. The molecule has 0 aromatic heterocycles. The number of para-hydroxylation sites is 1. The zero-order valence-electron chi connectivity index (χ0n) is 15.9. The van der Waals surface area contributed by atoms with Crippen LogP contribution in [0, 0.1) is 5.92 Å². The summed E-state index contributed by atoms with van der Waals surface area (Å²) in [6, 6.07) is 11.7. The van der Waals surface area contributed by atoms with Crippen molar-refractivity contribution >= 4 is 34.8 Å². The molecule has 1 N–H and O–H groups in total. The van der Waals surface area contributed by atoms with Crippen molar-refractivity contribution in [2.75, 3.05) is 31.6 Å². The standard InChI is InChI=1S/C23H22Cl2N2O2/c24-14-7-8-18(20(25)13-14)21-16-4-1-3-15(16)17-5-2-6-19(22(17)26-21)23(28)27-9-11-29-12-10-27/h1-3,5-8,13,15-16,21,26H,4,9-12H2/t15-,16+,21-/m0/s1. The van der Waals surface area contributed by atoms with Gasteiger partial charge in [-0.1, -0.05) is 53.6 Å². The number of hydrogen-bond donors (Lipinski definition) is 1. The Morgan fingerprint density at radius 2 is 1.93 bits per heavy atom. The van der Waals surface area contributed by atoms with Gasteiger partial charge in [-0.3, -0.25) is 4.79 Å². The number of carbonyl (C=O) groups excluding carboxylic acids is 1. The maximum Gasteiger partial charge on any atom is 0.256 e. The average Bonchev–Trinajstić information content (AvgIpc) is 3.23. The smallest absolute Gasteiger partial charge is 0.256 e. The van der Waals surface area contributed by atoms with Gasteiger partial charge in [-0.15, -0.1) is 0 Å². The Hall–Kier alpha value is -2.01. The van der Waals surface area contributed by atoms with E-state index in [1.165, 1.54) is 5.56 Å². The van der Waals surface area contributed by atoms with Gasteiger partial charge in [-0.2, -0.15) is 0 Å². The minimum atomic E-state index is 0.0194. The molecule has 2 heterocycles. The molecule has 1 saturated heterocycles. The van der Waals surface area contributed by atoms with Crippen molar-refractivity contribution < 1.29 is 9.53 Å². The number of anilines is 1. The highest BCUT2D eigenvalue weighted by molar-refractivity contribution is 6.35. The van der Waals surface area contributed by atoms with Gasteiger partial charge in [-0.25, -0.2) is 0 Å². The van der Waals surface area contributed by atoms with Crippen molar-refractivity contribution in [1.82, 2.24) is 4.90 Å². The summed E-state index contributed by atoms with van der Waals surface area (Å²) in [5, 5.41) is 4.97. The van der Waals surface area contributed by atoms with Gasteiger partial charge in [0.15, 0.2) is 0 Å². The number of amides is 1. The maximum absolute atomic E-state index is 13.3. The number of rotatable bonds is 2. The molecule has 0 unspecified atom stereocenters. The Kier molecular flexibility index (Phi) is 5.02. The van der Waals surface area contributed by atoms with Crippen LogP contribution in [0.2, 0.25) is 10.0 Å². The number of halogens is 2. The number of nitrogens with one attached hydrogen (secondary N) is 1. The van der Waals surface area contributed by atoms with Crippen molar-refractivity contribution in [2.45, 2.75) is 18.4 Å². The molecule has 6 heteroatoms. The van der Waals surface area contributed by atoms with E-state index in [0.717, 1.165) is 23.2 Å². The molecule has 1 aliphatic carbocycles. The highest BCUT2D eigenvalue weighted by Gasteiger charge is 2.40. The van der Waals surface area contributed by atoms with Crippen molar-refractivity contribution in [3.05, 3.63) is 75.3 Å². The lowest BCUT2D eigenvalue weighted by Gasteiger charge is -2.39. The third-order valence-electron chi connectivity index (χ3n) is 6.22. The number of morpholine rings is 1. The molecule has 2 aliphatic heterocycles. The van der Waals surface area contributed by atoms with E-state index in [9.17, 15) is 4.79 Å². The Balaban J connectivity index is 1.57. The first-order chi connectivity index (χ1) is 14.1. The molecule has 0 radical (unpaired) electrons. The number of carbonyl (C=O) groups is 1. The SMILES string of the molecule is O=C(c1cccc2c1N[C@H](c1ccc(Cl)cc1Cl)[C@@H]1CC=C[C@H]21)N1CCOCC1. The van der Waals surface area contributed by atoms with Crippen LogP contribution < -0.4 is 5.32 Å². The number of ether oxygens (including phenoxy) is 1. The third-order valence-corrected chi connectivity index (χ3v) is 6.79. The zero-order chi connectivity index (χ0) is 20.0. The van der Waals surface area contributed by atoms with Crippen molar-refractivity contribution in [1.29, 1.82) is 0 Å². The maximum atomic E-state index is 13.3. The van der Waals surface area contributed by atoms with Crippen LogP contribution in [0.15, 0.2) is 48.6 Å². The summed E-state index contributed by atoms with van der Waals surface area (Å²) >= 11 is 12.7. The quantitative estimate of drug-likeness (QED) is 0.660. The third kappa shape index (κ3) is 3.33. The van der Waals surface area contributed by atoms with Crippen LogP contribution in [0.5, 0.6) is 0 Å². The Morgan fingerprint density at radius 3 is 2.72 bits per heavy atom. The normalized spacial score (nSPS) is 25.3. The number of nitrogens with zero attached hydrogens (tertiary/aromatic N) is 1. The first kappa shape index (κ1) is 19.0. The number of benzene rings is 2. The molecular weight excluding hydrogens is 407 g/mol. The Labute approximate surface area is 180 Å². The molecule has 3 aliphatic rings. The molecule has 150 valence electrons. The molecule has 5 rings (SSSR count). The number of allylic oxidation sites excluding steroid dienone is 2. The average molecular weight is 429 g/mol. The lowest BCUT2D eigenvalue weighted by molar-refractivity contribution is 0.0303. The predicted molar refractivity (Wildman–Crippen MR) is 116 cm³/mol. The monoisotopic (exact) mass is 428 g/mol. The zero-order valence-corrected chi connectivity index (χ0v) is 17.4. The van der Waals surface area contributed by atoms with Crippen LogP contribution in [-0.4, -0.2) is 37.1 Å². The fourth-order valence-electron chi connectivity index (χ4n) is 4.80. The van der Waals surface area contributed by atoms with Gasteiger partial charge in [-0.05, 0) is 41.7 Å². The fraction of sp³-hybridized carbons (Fsp3) is 0.348. The summed E-state index contributed by atoms with van der Waals surface area (Å²) < 4.78 is 5.41. The minimum absolute atomic E-state index is 0.0194. The van der Waals surface area contributed by atoms with E-state index in [4.69, 9.17) is 27.9 Å². The van der Waals surface area contributed by atoms with E-state index in [1.54, 1.807) is 6.07 Å². The van der Waals surface area contributed by atoms with Gasteiger partial charge in [0.25, 0.3) is 5.91 Å². The number of hydrogen-bond acceptors (Lipinski definition) is 3. The summed E-state index contributed by atoms with van der Waals surface area (Å²) in [6.07, 6.45) is 5.48. The highest BCUT2D eigenvalue weighted by atomic mass is 35.5. The second-order valence-electron chi connectivity index (χ2n) is 7.82. The molecule has 1 fully saturated rings. The fourth-order valence-corrected chi connectivity index (χ4v) is 5.32. The summed E-state index contributed by atoms with van der Waals surface area (Å²) in [5.74, 6) is 0.675. The molecule has 4 nitrogen and oxygen atoms in total. The van der Waals surface area contributed by atoms with E-state index >= 15 is 0 Å². The summed E-state index contributed by atoms with van der Waals surface area (Å²) in [7, 11) is 0. The van der Waals surface area contributed by atoms with E-state index in [2.05, 4.69) is 23.5 Å². The van der Waals surface area contributed by atoms with E-state index < -0.39 is 0 Å². The first-order valence-corrected chi connectivity index (χ1v) is 10.8. The van der Waals surface area contributed by atoms with Gasteiger partial charge >= 0.3 is 0 Å². The topological polar surface area (TPSA) is 41.6 Å². The molecule has 29 heavy (non-hydrogen) atoms. The van der Waals surface area contributed by atoms with Gasteiger partial charge in [0.1, 0.15) is 0 Å². The first-order valence-electron chi connectivity index (χ1n) is 10.0. The van der Waals surface area contributed by atoms with Crippen LogP contribution in [-0.2, 0) is 4.74 Å². The molecule has 3 atom stereocenters. The van der Waals surface area contributed by atoms with Crippen molar-refractivity contribution in [3.63, 3.8) is 0 Å². The molecular formula is C23H22Cl2N2O2. The van der Waals surface area contributed by atoms with Gasteiger partial charge in [0.05, 0.1) is 30.5 Å². The molecule has 0 spiro atoms. The summed E-state index contributed by atoms with van der Waals surface area (Å²) in [4.78, 5) is 15.2. The lowest BCUT2D eigenvalue weighted by atomic mass is 9.76. The largest absolute Gasteiger partial charge is 0.378 e. The molecule has 0 bridgehead atoms. The lowest BCUT2D eigenvalue weighted by Crippen LogP contribution is -2.41. The van der Waals surface area contributed by atoms with Crippen LogP contribution in [0.1, 0.15) is 39.9 Å². The van der Waals surface area contributed by atoms with Gasteiger partial charge < -0.3 is 15.0 Å². The van der Waals surface area contributed by atoms with E-state index in [1.807, 2.05) is 29.2 Å². The minimum Gasteiger partial charge on any atom is -0.378 e. The van der Waals surface area contributed by atoms with Crippen molar-refractivity contribution in [2.24, 2.45) is 5.92 Å². The summed E-state index contributed by atoms with van der Waals surface area (Å²) in [6.45, 7) is 2.43. The van der Waals surface area contributed by atoms with Gasteiger partial charge in [0.2, 0.25) is 0 Å². The van der Waals surface area contributed by atoms with Gasteiger partial charge in [0, 0.05) is 29.1 Å². The molecule has 2 aromatic rings. The van der Waals surface area contributed by atoms with E-state index in [0.29, 0.717) is 42.3 Å². The van der Waals surface area contributed by atoms with Crippen LogP contribution >= 0.6 is 23.2 Å². The van der Waals surface area contributed by atoms with Crippen molar-refractivity contribution in [3.8, 4) is 0 Å². The van der Waals surface area contributed by atoms with Crippen LogP contribution in [0.4, 0.5) is 5.69 Å². The van der Waals surface area contributed by atoms with Crippen LogP contribution in [0.25, 0.3) is 0 Å². The second kappa shape index (κ2) is 7.67. The summed E-state index contributed by atoms with van der Waals surface area (Å²) in [5.41, 5.74) is 3.85. The Bertz CT molecular complexity index is 985. The highest BCUT2D eigenvalue weighted by Crippen LogP contribution is 2.51. The number of fused-ring (bicyclic) bond motifs is 3. The van der Waals surface area contributed by atoms with Crippen LogP contribution in [0.3, 0.4) is 0 Å².